The third kappa shape index (κ3) is 2.90. The van der Waals surface area contributed by atoms with E-state index in [1.807, 2.05) is 0 Å². The molecule has 1 saturated heterocycles. The van der Waals surface area contributed by atoms with Gasteiger partial charge in [-0.3, -0.25) is 0 Å². The van der Waals surface area contributed by atoms with E-state index >= 15 is 0 Å². The molecule has 0 aromatic rings. The predicted molar refractivity (Wildman–Crippen MR) is 47.0 cm³/mol. The van der Waals surface area contributed by atoms with Crippen molar-refractivity contribution in [2.45, 2.75) is 31.8 Å². The van der Waals surface area contributed by atoms with Gasteiger partial charge in [0.25, 0.3) is 0 Å². The van der Waals surface area contributed by atoms with Gasteiger partial charge in [0, 0.05) is 0 Å². The lowest BCUT2D eigenvalue weighted by molar-refractivity contribution is 0.136. The van der Waals surface area contributed by atoms with Gasteiger partial charge in [-0.2, -0.15) is 0 Å². The molecule has 3 nitrogen and oxygen atoms in total. The summed E-state index contributed by atoms with van der Waals surface area (Å²) in [5, 5.41) is 0. The van der Waals surface area contributed by atoms with E-state index in [0.29, 0.717) is 13.2 Å². The normalized spacial score (nSPS) is 32.7. The van der Waals surface area contributed by atoms with Crippen LogP contribution < -0.4 is 5.73 Å². The predicted octanol–water partition coefficient (Wildman–Crippen LogP) is 0.564. The van der Waals surface area contributed by atoms with Crippen LogP contribution in [0.4, 0.5) is 0 Å². The van der Waals surface area contributed by atoms with Crippen LogP contribution in [0.25, 0.3) is 0 Å². The Morgan fingerprint density at radius 2 is 2.00 bits per heavy atom. The quantitative estimate of drug-likeness (QED) is 0.624. The Morgan fingerprint density at radius 1 is 1.36 bits per heavy atom. The SMILES string of the molecule is C[Si](C)(C)O[C@H]1COCC1N. The zero-order chi connectivity index (χ0) is 8.48. The molecule has 1 fully saturated rings. The second kappa shape index (κ2) is 3.22. The molecule has 4 heteroatoms. The third-order valence-corrected chi connectivity index (χ3v) is 2.58. The Morgan fingerprint density at radius 3 is 2.36 bits per heavy atom. The van der Waals surface area contributed by atoms with Gasteiger partial charge in [-0.25, -0.2) is 0 Å². The maximum absolute atomic E-state index is 5.80. The van der Waals surface area contributed by atoms with Gasteiger partial charge in [0.05, 0.1) is 25.4 Å². The van der Waals surface area contributed by atoms with Crippen molar-refractivity contribution in [3.63, 3.8) is 0 Å². The minimum atomic E-state index is -1.42. The molecule has 11 heavy (non-hydrogen) atoms. The van der Waals surface area contributed by atoms with Crippen LogP contribution >= 0.6 is 0 Å². The molecule has 0 amide bonds. The summed E-state index contributed by atoms with van der Waals surface area (Å²) in [6.07, 6.45) is 0.140. The van der Waals surface area contributed by atoms with Crippen LogP contribution in [0, 0.1) is 0 Å². The Balaban J connectivity index is 2.37. The summed E-state index contributed by atoms with van der Waals surface area (Å²) >= 11 is 0. The summed E-state index contributed by atoms with van der Waals surface area (Å²) in [6.45, 7) is 7.81. The highest BCUT2D eigenvalue weighted by Crippen LogP contribution is 2.14. The lowest BCUT2D eigenvalue weighted by atomic mass is 10.2. The van der Waals surface area contributed by atoms with Crippen molar-refractivity contribution >= 4 is 8.32 Å². The number of hydrogen-bond acceptors (Lipinski definition) is 3. The zero-order valence-electron chi connectivity index (χ0n) is 7.46. The Bertz CT molecular complexity index is 135. The average molecular weight is 175 g/mol. The second-order valence-corrected chi connectivity index (χ2v) is 8.43. The van der Waals surface area contributed by atoms with Gasteiger partial charge in [-0.15, -0.1) is 0 Å². The largest absolute Gasteiger partial charge is 0.411 e. The number of rotatable bonds is 2. The van der Waals surface area contributed by atoms with Crippen LogP contribution in [0.3, 0.4) is 0 Å². The van der Waals surface area contributed by atoms with Crippen molar-refractivity contribution in [1.29, 1.82) is 0 Å². The smallest absolute Gasteiger partial charge is 0.184 e. The van der Waals surface area contributed by atoms with Crippen molar-refractivity contribution in [2.24, 2.45) is 5.73 Å². The molecule has 66 valence electrons. The van der Waals surface area contributed by atoms with E-state index < -0.39 is 8.32 Å². The maximum atomic E-state index is 5.80. The summed E-state index contributed by atoms with van der Waals surface area (Å²) in [5.74, 6) is 0. The first-order chi connectivity index (χ1) is 4.99. The zero-order valence-corrected chi connectivity index (χ0v) is 8.46. The highest BCUT2D eigenvalue weighted by molar-refractivity contribution is 6.69. The van der Waals surface area contributed by atoms with Gasteiger partial charge >= 0.3 is 0 Å². The highest BCUT2D eigenvalue weighted by Gasteiger charge is 2.30. The van der Waals surface area contributed by atoms with E-state index in [1.165, 1.54) is 0 Å². The fraction of sp³-hybridized carbons (Fsp3) is 1.00. The molecule has 1 aliphatic rings. The first-order valence-electron chi connectivity index (χ1n) is 4.00. The van der Waals surface area contributed by atoms with Crippen LogP contribution in [-0.2, 0) is 9.16 Å². The molecule has 1 unspecified atom stereocenters. The average Bonchev–Trinajstić information content (AvgIpc) is 2.12. The molecule has 1 heterocycles. The fourth-order valence-electron chi connectivity index (χ4n) is 1.13. The molecule has 0 radical (unpaired) electrons. The minimum Gasteiger partial charge on any atom is -0.411 e. The molecule has 2 atom stereocenters. The van der Waals surface area contributed by atoms with Crippen LogP contribution in [0.2, 0.25) is 19.6 Å². The van der Waals surface area contributed by atoms with Crippen molar-refractivity contribution in [3.8, 4) is 0 Å². The number of nitrogens with two attached hydrogens (primary N) is 1. The first-order valence-corrected chi connectivity index (χ1v) is 7.41. The van der Waals surface area contributed by atoms with Crippen molar-refractivity contribution < 1.29 is 9.16 Å². The molecule has 1 rings (SSSR count). The van der Waals surface area contributed by atoms with Crippen molar-refractivity contribution in [1.82, 2.24) is 0 Å². The van der Waals surface area contributed by atoms with Gasteiger partial charge in [-0.1, -0.05) is 0 Å². The molecule has 0 saturated carbocycles. The molecule has 0 aromatic carbocycles. The Labute approximate surface area is 69.0 Å². The molecule has 1 aliphatic heterocycles. The third-order valence-electron chi connectivity index (χ3n) is 1.57. The van der Waals surface area contributed by atoms with E-state index in [2.05, 4.69) is 19.6 Å². The molecular formula is C7H17NO2Si. The second-order valence-electron chi connectivity index (χ2n) is 3.97. The fourth-order valence-corrected chi connectivity index (χ4v) is 2.28. The van der Waals surface area contributed by atoms with Gasteiger partial charge in [0.2, 0.25) is 0 Å². The van der Waals surface area contributed by atoms with Crippen molar-refractivity contribution in [2.75, 3.05) is 13.2 Å². The summed E-state index contributed by atoms with van der Waals surface area (Å²) in [4.78, 5) is 0. The van der Waals surface area contributed by atoms with Crippen LogP contribution in [0.15, 0.2) is 0 Å². The van der Waals surface area contributed by atoms with Gasteiger partial charge in [0.1, 0.15) is 0 Å². The van der Waals surface area contributed by atoms with E-state index in [4.69, 9.17) is 14.9 Å². The molecule has 0 bridgehead atoms. The minimum absolute atomic E-state index is 0.0849. The van der Waals surface area contributed by atoms with Gasteiger partial charge in [-0.05, 0) is 19.6 Å². The first kappa shape index (κ1) is 9.19. The van der Waals surface area contributed by atoms with E-state index in [9.17, 15) is 0 Å². The van der Waals surface area contributed by atoms with Gasteiger partial charge < -0.3 is 14.9 Å². The van der Waals surface area contributed by atoms with E-state index in [-0.39, 0.29) is 12.1 Å². The summed E-state index contributed by atoms with van der Waals surface area (Å²) < 4.78 is 11.0. The Kier molecular flexibility index (Phi) is 2.69. The standard InChI is InChI=1S/C7H17NO2Si/c1-11(2,3)10-7-5-9-4-6(7)8/h6-7H,4-5,8H2,1-3H3/t6?,7-/m0/s1. The van der Waals surface area contributed by atoms with Crippen LogP contribution in [0.1, 0.15) is 0 Å². The lowest BCUT2D eigenvalue weighted by Gasteiger charge is -2.24. The molecule has 0 aliphatic carbocycles. The molecule has 2 N–H and O–H groups in total. The van der Waals surface area contributed by atoms with Gasteiger partial charge in [0.15, 0.2) is 8.32 Å². The topological polar surface area (TPSA) is 44.5 Å². The molecule has 0 aromatic heterocycles. The molecule has 0 spiro atoms. The summed E-state index contributed by atoms with van der Waals surface area (Å²) in [7, 11) is -1.42. The lowest BCUT2D eigenvalue weighted by Crippen LogP contribution is -2.42. The monoisotopic (exact) mass is 175 g/mol. The number of ether oxygens (including phenoxy) is 1. The highest BCUT2D eigenvalue weighted by atomic mass is 28.4. The van der Waals surface area contributed by atoms with E-state index in [1.54, 1.807) is 0 Å². The number of hydrogen-bond donors (Lipinski definition) is 1. The molecular weight excluding hydrogens is 158 g/mol. The Hall–Kier alpha value is 0.0969. The van der Waals surface area contributed by atoms with Crippen LogP contribution in [-0.4, -0.2) is 33.7 Å². The van der Waals surface area contributed by atoms with Crippen molar-refractivity contribution in [3.05, 3.63) is 0 Å². The summed E-state index contributed by atoms with van der Waals surface area (Å²) in [6, 6.07) is 0.0849. The maximum Gasteiger partial charge on any atom is 0.184 e. The summed E-state index contributed by atoms with van der Waals surface area (Å²) in [5.41, 5.74) is 5.76. The van der Waals surface area contributed by atoms with E-state index in [0.717, 1.165) is 0 Å². The van der Waals surface area contributed by atoms with Crippen LogP contribution in [0.5, 0.6) is 0 Å².